The zero-order valence-electron chi connectivity index (χ0n) is 22.0. The quantitative estimate of drug-likeness (QED) is 0.151. The maximum atomic E-state index is 12.9. The van der Waals surface area contributed by atoms with Gasteiger partial charge in [-0.15, -0.1) is 0 Å². The Kier molecular flexibility index (Phi) is 8.68. The highest BCUT2D eigenvalue weighted by molar-refractivity contribution is 7.85. The number of esters is 1. The van der Waals surface area contributed by atoms with Crippen LogP contribution < -0.4 is 14.4 Å². The molecule has 0 aliphatic carbocycles. The van der Waals surface area contributed by atoms with Gasteiger partial charge in [0, 0.05) is 23.7 Å². The zero-order valence-corrected chi connectivity index (χ0v) is 22.8. The van der Waals surface area contributed by atoms with E-state index in [1.807, 2.05) is 60.7 Å². The summed E-state index contributed by atoms with van der Waals surface area (Å²) in [4.78, 5) is 19.9. The normalized spacial score (nSPS) is 15.1. The van der Waals surface area contributed by atoms with Gasteiger partial charge in [0.05, 0.1) is 41.0 Å². The molecular weight excluding hydrogens is 504 g/mol. The second-order valence-corrected chi connectivity index (χ2v) is 10.6. The summed E-state index contributed by atoms with van der Waals surface area (Å²) in [6.45, 7) is 4.47. The third kappa shape index (κ3) is 6.34. The molecule has 0 N–H and O–H groups in total. The molecular formula is C29H32N2O6S. The molecule has 8 nitrogen and oxygen atoms in total. The van der Waals surface area contributed by atoms with E-state index in [0.29, 0.717) is 36.2 Å². The number of anilines is 1. The van der Waals surface area contributed by atoms with Crippen molar-refractivity contribution in [3.8, 4) is 11.5 Å². The summed E-state index contributed by atoms with van der Waals surface area (Å²) in [5.41, 5.74) is 2.32. The van der Waals surface area contributed by atoms with E-state index in [-0.39, 0.29) is 0 Å². The molecule has 0 aromatic heterocycles. The third-order valence-corrected chi connectivity index (χ3v) is 7.38. The fourth-order valence-corrected chi connectivity index (χ4v) is 5.56. The number of fused-ring (bicyclic) bond motifs is 1. The van der Waals surface area contributed by atoms with E-state index in [1.54, 1.807) is 26.0 Å². The highest BCUT2D eigenvalue weighted by Gasteiger charge is 2.31. The van der Waals surface area contributed by atoms with Gasteiger partial charge in [-0.2, -0.15) is 0 Å². The molecule has 0 saturated carbocycles. The number of rotatable bonds is 11. The van der Waals surface area contributed by atoms with Crippen molar-refractivity contribution in [3.63, 3.8) is 0 Å². The van der Waals surface area contributed by atoms with Crippen LogP contribution in [0.25, 0.3) is 0 Å². The van der Waals surface area contributed by atoms with E-state index in [2.05, 4.69) is 10.1 Å². The Balaban J connectivity index is 1.37. The highest BCUT2D eigenvalue weighted by atomic mass is 32.2. The van der Waals surface area contributed by atoms with Gasteiger partial charge < -0.3 is 23.9 Å². The number of carbonyl (C=O) groups excluding carboxylic acids is 1. The molecule has 1 aliphatic rings. The number of ether oxygens (including phenoxy) is 3. The summed E-state index contributed by atoms with van der Waals surface area (Å²) >= 11 is 0. The Morgan fingerprint density at radius 3 is 2.47 bits per heavy atom. The van der Waals surface area contributed by atoms with E-state index >= 15 is 0 Å². The van der Waals surface area contributed by atoms with E-state index in [1.165, 1.54) is 14.2 Å². The first kappa shape index (κ1) is 27.2. The van der Waals surface area contributed by atoms with Crippen LogP contribution in [0.3, 0.4) is 0 Å². The molecule has 38 heavy (non-hydrogen) atoms. The molecule has 1 unspecified atom stereocenters. The molecule has 0 bridgehead atoms. The van der Waals surface area contributed by atoms with Gasteiger partial charge in [-0.25, -0.2) is 4.79 Å². The van der Waals surface area contributed by atoms with Crippen LogP contribution in [0.1, 0.15) is 31.4 Å². The minimum atomic E-state index is -1.14. The van der Waals surface area contributed by atoms with Crippen molar-refractivity contribution in [2.24, 2.45) is 5.16 Å². The Hall–Kier alpha value is -3.85. The highest BCUT2D eigenvalue weighted by Crippen LogP contribution is 2.33. The molecule has 200 valence electrons. The lowest BCUT2D eigenvalue weighted by atomic mass is 10.0. The first-order chi connectivity index (χ1) is 18.3. The summed E-state index contributed by atoms with van der Waals surface area (Å²) in [6.07, 6.45) is 0.734. The van der Waals surface area contributed by atoms with Crippen LogP contribution in [0.15, 0.2) is 82.8 Å². The maximum absolute atomic E-state index is 12.9. The van der Waals surface area contributed by atoms with Crippen molar-refractivity contribution in [2.45, 2.75) is 30.8 Å². The number of benzene rings is 3. The van der Waals surface area contributed by atoms with Gasteiger partial charge in [0.1, 0.15) is 24.3 Å². The predicted octanol–water partition coefficient (Wildman–Crippen LogP) is 4.77. The van der Waals surface area contributed by atoms with Crippen LogP contribution in [0.5, 0.6) is 11.5 Å². The summed E-state index contributed by atoms with van der Waals surface area (Å²) in [5.74, 6) is 1.14. The molecule has 0 spiro atoms. The van der Waals surface area contributed by atoms with Crippen molar-refractivity contribution < 1.29 is 28.1 Å². The number of hydrogen-bond donors (Lipinski definition) is 0. The first-order valence-corrected chi connectivity index (χ1v) is 13.6. The number of nitrogens with zero attached hydrogens (tertiary/aromatic N) is 2. The average Bonchev–Trinajstić information content (AvgIpc) is 3.24. The minimum absolute atomic E-state index is 0.437. The van der Waals surface area contributed by atoms with Gasteiger partial charge >= 0.3 is 5.97 Å². The summed E-state index contributed by atoms with van der Waals surface area (Å²) < 4.78 is 29.4. The Labute approximate surface area is 225 Å². The molecule has 0 radical (unpaired) electrons. The molecule has 3 aromatic rings. The fraction of sp³-hybridized carbons (Fsp3) is 0.310. The van der Waals surface area contributed by atoms with Gasteiger partial charge in [0.15, 0.2) is 5.60 Å². The van der Waals surface area contributed by atoms with Crippen molar-refractivity contribution in [3.05, 3.63) is 83.9 Å². The predicted molar refractivity (Wildman–Crippen MR) is 147 cm³/mol. The van der Waals surface area contributed by atoms with E-state index < -0.39 is 22.4 Å². The van der Waals surface area contributed by atoms with E-state index in [0.717, 1.165) is 28.1 Å². The van der Waals surface area contributed by atoms with Crippen molar-refractivity contribution in [2.75, 3.05) is 38.1 Å². The summed E-state index contributed by atoms with van der Waals surface area (Å²) in [5, 5.41) is 4.22. The zero-order chi connectivity index (χ0) is 27.1. The molecule has 0 amide bonds. The smallest absolute Gasteiger partial charge is 0.349 e. The van der Waals surface area contributed by atoms with Crippen LogP contribution in [0.2, 0.25) is 0 Å². The second-order valence-electron chi connectivity index (χ2n) is 9.19. The molecule has 1 atom stereocenters. The maximum Gasteiger partial charge on any atom is 0.349 e. The van der Waals surface area contributed by atoms with E-state index in [4.69, 9.17) is 19.0 Å². The monoisotopic (exact) mass is 536 g/mol. The molecule has 0 fully saturated rings. The van der Waals surface area contributed by atoms with Crippen molar-refractivity contribution >= 4 is 28.2 Å². The van der Waals surface area contributed by atoms with Crippen LogP contribution in [-0.2, 0) is 25.2 Å². The Bertz CT molecular complexity index is 1330. The molecule has 9 heteroatoms. The number of methoxy groups -OCH3 is 1. The van der Waals surface area contributed by atoms with Crippen molar-refractivity contribution in [1.29, 1.82) is 0 Å². The second kappa shape index (κ2) is 12.1. The van der Waals surface area contributed by atoms with Crippen LogP contribution in [0, 0.1) is 0 Å². The first-order valence-electron chi connectivity index (χ1n) is 12.3. The van der Waals surface area contributed by atoms with Gasteiger partial charge in [0.2, 0.25) is 0 Å². The van der Waals surface area contributed by atoms with E-state index in [9.17, 15) is 9.00 Å². The molecule has 3 aromatic carbocycles. The number of carbonyl (C=O) groups is 1. The lowest BCUT2D eigenvalue weighted by molar-refractivity contribution is -0.156. The molecule has 0 saturated heterocycles. The minimum Gasteiger partial charge on any atom is -0.493 e. The van der Waals surface area contributed by atoms with Crippen LogP contribution in [-0.4, -0.2) is 54.7 Å². The van der Waals surface area contributed by atoms with Gasteiger partial charge in [-0.3, -0.25) is 4.21 Å². The van der Waals surface area contributed by atoms with Gasteiger partial charge in [-0.05, 0) is 44.5 Å². The topological polar surface area (TPSA) is 86.7 Å². The largest absolute Gasteiger partial charge is 0.493 e. The molecule has 1 aliphatic heterocycles. The molecule has 1 heterocycles. The van der Waals surface area contributed by atoms with Gasteiger partial charge in [0.25, 0.3) is 0 Å². The average molecular weight is 537 g/mol. The number of hydrogen-bond acceptors (Lipinski definition) is 8. The van der Waals surface area contributed by atoms with Crippen LogP contribution >= 0.6 is 0 Å². The summed E-state index contributed by atoms with van der Waals surface area (Å²) in [6, 6.07) is 22.9. The standard InChI is InChI=1S/C29H32N2O6S/c1-29(2,28(32)34-3)37-24-13-8-12-23(19-24)36-17-9-16-31-20-38(33)26-18-22(14-15-25(26)31)27(30-35-4)21-10-6-5-7-11-21/h5-8,10-15,18-19H,9,16-17,20H2,1-4H3. The number of oxime groups is 1. The third-order valence-electron chi connectivity index (χ3n) is 6.02. The lowest BCUT2D eigenvalue weighted by Crippen LogP contribution is -2.39. The van der Waals surface area contributed by atoms with Crippen LogP contribution in [0.4, 0.5) is 5.69 Å². The fourth-order valence-electron chi connectivity index (χ4n) is 4.19. The summed E-state index contributed by atoms with van der Waals surface area (Å²) in [7, 11) is 1.71. The SMILES string of the molecule is CON=C(c1ccccc1)c1ccc2c(c1)S(=O)CN2CCCOc1cccc(OC(C)(C)C(=O)OC)c1. The molecule has 4 rings (SSSR count). The Morgan fingerprint density at radius 1 is 0.974 bits per heavy atom. The Morgan fingerprint density at radius 2 is 1.74 bits per heavy atom. The lowest BCUT2D eigenvalue weighted by Gasteiger charge is -2.23. The van der Waals surface area contributed by atoms with Crippen molar-refractivity contribution in [1.82, 2.24) is 0 Å². The van der Waals surface area contributed by atoms with Gasteiger partial charge in [-0.1, -0.05) is 47.6 Å².